The van der Waals surface area contributed by atoms with E-state index in [2.05, 4.69) is 5.32 Å². The van der Waals surface area contributed by atoms with Crippen molar-refractivity contribution in [1.29, 1.82) is 0 Å². The molecule has 0 radical (unpaired) electrons. The first-order valence-electron chi connectivity index (χ1n) is 11.4. The number of halogens is 1. The Hall–Kier alpha value is -3.03. The summed E-state index contributed by atoms with van der Waals surface area (Å²) >= 11 is 6.21. The molecule has 0 fully saturated rings. The lowest BCUT2D eigenvalue weighted by molar-refractivity contribution is -0.120. The first-order chi connectivity index (χ1) is 16.6. The van der Waals surface area contributed by atoms with E-state index < -0.39 is 22.5 Å². The topological polar surface area (TPSA) is 75.7 Å². The number of ether oxygens (including phenoxy) is 1. The molecule has 1 atom stereocenters. The zero-order valence-corrected chi connectivity index (χ0v) is 22.2. The molecule has 0 aliphatic heterocycles. The first-order valence-corrected chi connectivity index (χ1v) is 13.2. The van der Waals surface area contributed by atoms with E-state index >= 15 is 0 Å². The van der Waals surface area contributed by atoms with Crippen LogP contribution >= 0.6 is 11.6 Å². The number of rotatable bonds is 9. The van der Waals surface area contributed by atoms with E-state index in [0.717, 1.165) is 21.0 Å². The van der Waals surface area contributed by atoms with Crippen LogP contribution in [-0.2, 0) is 14.8 Å². The minimum atomic E-state index is -4.10. The van der Waals surface area contributed by atoms with E-state index in [9.17, 15) is 13.2 Å². The van der Waals surface area contributed by atoms with Crippen molar-refractivity contribution in [2.75, 3.05) is 18.0 Å². The summed E-state index contributed by atoms with van der Waals surface area (Å²) in [6, 6.07) is 16.9. The van der Waals surface area contributed by atoms with Gasteiger partial charge in [-0.05, 0) is 74.2 Å². The highest BCUT2D eigenvalue weighted by molar-refractivity contribution is 7.92. The summed E-state index contributed by atoms with van der Waals surface area (Å²) in [5.41, 5.74) is 4.38. The van der Waals surface area contributed by atoms with Gasteiger partial charge in [-0.2, -0.15) is 0 Å². The van der Waals surface area contributed by atoms with Crippen LogP contribution in [0.2, 0.25) is 5.02 Å². The van der Waals surface area contributed by atoms with Gasteiger partial charge in [0.1, 0.15) is 12.3 Å². The standard InChI is InChI=1S/C27H31ClN2O4S/c1-6-24(21-10-9-19(3)20(4)15-21)29-27(31)17-30(25-16-22(28)11-14-26(25)34-5)35(32,33)23-12-7-18(2)8-13-23/h7-16,24H,6,17H2,1-5H3,(H,29,31). The molecular formula is C27H31ClN2O4S. The third-order valence-electron chi connectivity index (χ3n) is 5.98. The fourth-order valence-corrected chi connectivity index (χ4v) is 5.36. The molecule has 0 aliphatic rings. The van der Waals surface area contributed by atoms with Crippen molar-refractivity contribution in [3.8, 4) is 5.75 Å². The molecule has 0 saturated heterocycles. The number of aryl methyl sites for hydroxylation is 3. The van der Waals surface area contributed by atoms with E-state index in [-0.39, 0.29) is 16.6 Å². The molecule has 0 saturated carbocycles. The lowest BCUT2D eigenvalue weighted by atomic mass is 9.99. The van der Waals surface area contributed by atoms with E-state index in [0.29, 0.717) is 17.2 Å². The van der Waals surface area contributed by atoms with Crippen molar-refractivity contribution < 1.29 is 17.9 Å². The number of hydrogen-bond acceptors (Lipinski definition) is 4. The van der Waals surface area contributed by atoms with Gasteiger partial charge in [-0.3, -0.25) is 9.10 Å². The van der Waals surface area contributed by atoms with Gasteiger partial charge in [0.15, 0.2) is 0 Å². The average molecular weight is 515 g/mol. The Morgan fingerprint density at radius 3 is 2.29 bits per heavy atom. The maximum absolute atomic E-state index is 13.7. The van der Waals surface area contributed by atoms with Crippen LogP contribution in [0.4, 0.5) is 5.69 Å². The summed E-state index contributed by atoms with van der Waals surface area (Å²) < 4.78 is 33.9. The molecule has 186 valence electrons. The number of carbonyl (C=O) groups excluding carboxylic acids is 1. The van der Waals surface area contributed by atoms with Gasteiger partial charge in [0.2, 0.25) is 5.91 Å². The van der Waals surface area contributed by atoms with Crippen molar-refractivity contribution in [3.05, 3.63) is 87.9 Å². The maximum atomic E-state index is 13.7. The van der Waals surface area contributed by atoms with E-state index in [1.165, 1.54) is 30.9 Å². The highest BCUT2D eigenvalue weighted by atomic mass is 35.5. The van der Waals surface area contributed by atoms with E-state index in [1.807, 2.05) is 45.9 Å². The number of nitrogens with one attached hydrogen (secondary N) is 1. The second-order valence-electron chi connectivity index (χ2n) is 8.51. The summed E-state index contributed by atoms with van der Waals surface area (Å²) in [5.74, 6) is -0.146. The van der Waals surface area contributed by atoms with Gasteiger partial charge in [-0.1, -0.05) is 54.4 Å². The average Bonchev–Trinajstić information content (AvgIpc) is 2.83. The largest absolute Gasteiger partial charge is 0.495 e. The molecule has 8 heteroatoms. The molecule has 0 heterocycles. The SMILES string of the molecule is CCC(NC(=O)CN(c1cc(Cl)ccc1OC)S(=O)(=O)c1ccc(C)cc1)c1ccc(C)c(C)c1. The monoisotopic (exact) mass is 514 g/mol. The fourth-order valence-electron chi connectivity index (χ4n) is 3.77. The molecule has 3 rings (SSSR count). The Balaban J connectivity index is 1.99. The van der Waals surface area contributed by atoms with Crippen LogP contribution < -0.4 is 14.4 Å². The number of anilines is 1. The quantitative estimate of drug-likeness (QED) is 0.395. The maximum Gasteiger partial charge on any atom is 0.264 e. The zero-order valence-electron chi connectivity index (χ0n) is 20.6. The number of methoxy groups -OCH3 is 1. The minimum Gasteiger partial charge on any atom is -0.495 e. The van der Waals surface area contributed by atoms with Gasteiger partial charge in [0.25, 0.3) is 10.0 Å². The second kappa shape index (κ2) is 11.1. The van der Waals surface area contributed by atoms with Gasteiger partial charge in [0, 0.05) is 5.02 Å². The van der Waals surface area contributed by atoms with Crippen molar-refractivity contribution in [3.63, 3.8) is 0 Å². The van der Waals surface area contributed by atoms with Crippen LogP contribution in [0.5, 0.6) is 5.75 Å². The van der Waals surface area contributed by atoms with Crippen LogP contribution in [0.3, 0.4) is 0 Å². The third-order valence-corrected chi connectivity index (χ3v) is 7.99. The normalized spacial score (nSPS) is 12.2. The van der Waals surface area contributed by atoms with E-state index in [4.69, 9.17) is 16.3 Å². The number of nitrogens with zero attached hydrogens (tertiary/aromatic N) is 1. The fraction of sp³-hybridized carbons (Fsp3) is 0.296. The number of carbonyl (C=O) groups is 1. The summed E-state index contributed by atoms with van der Waals surface area (Å²) in [6.45, 7) is 7.47. The van der Waals surface area contributed by atoms with Crippen LogP contribution in [0.15, 0.2) is 65.6 Å². The summed E-state index contributed by atoms with van der Waals surface area (Å²) in [6.07, 6.45) is 0.652. The highest BCUT2D eigenvalue weighted by Crippen LogP contribution is 2.35. The van der Waals surface area contributed by atoms with Crippen molar-refractivity contribution >= 4 is 33.2 Å². The lowest BCUT2D eigenvalue weighted by Crippen LogP contribution is -2.42. The second-order valence-corrected chi connectivity index (χ2v) is 10.8. The predicted octanol–water partition coefficient (Wildman–Crippen LogP) is 5.74. The first kappa shape index (κ1) is 26.6. The van der Waals surface area contributed by atoms with Crippen LogP contribution in [0.1, 0.15) is 41.6 Å². The molecule has 1 unspecified atom stereocenters. The molecule has 3 aromatic rings. The Morgan fingerprint density at radius 1 is 1.00 bits per heavy atom. The van der Waals surface area contributed by atoms with Gasteiger partial charge in [0.05, 0.1) is 23.7 Å². The number of hydrogen-bond donors (Lipinski definition) is 1. The van der Waals surface area contributed by atoms with Crippen molar-refractivity contribution in [2.24, 2.45) is 0 Å². The predicted molar refractivity (Wildman–Crippen MR) is 141 cm³/mol. The van der Waals surface area contributed by atoms with Crippen LogP contribution in [0, 0.1) is 20.8 Å². The number of amides is 1. The Morgan fingerprint density at radius 2 is 1.69 bits per heavy atom. The lowest BCUT2D eigenvalue weighted by Gasteiger charge is -2.27. The minimum absolute atomic E-state index is 0.0686. The summed E-state index contributed by atoms with van der Waals surface area (Å²) in [5, 5.41) is 3.32. The molecule has 0 spiro atoms. The molecule has 6 nitrogen and oxygen atoms in total. The summed E-state index contributed by atoms with van der Waals surface area (Å²) in [4.78, 5) is 13.3. The highest BCUT2D eigenvalue weighted by Gasteiger charge is 2.30. The zero-order chi connectivity index (χ0) is 25.8. The molecular weight excluding hydrogens is 484 g/mol. The Labute approximate surface area is 212 Å². The molecule has 35 heavy (non-hydrogen) atoms. The van der Waals surface area contributed by atoms with Crippen molar-refractivity contribution in [2.45, 2.75) is 45.1 Å². The molecule has 0 aliphatic carbocycles. The Bertz CT molecular complexity index is 1310. The molecule has 1 amide bonds. The van der Waals surface area contributed by atoms with Gasteiger partial charge in [-0.15, -0.1) is 0 Å². The smallest absolute Gasteiger partial charge is 0.264 e. The number of benzene rings is 3. The Kier molecular flexibility index (Phi) is 8.46. The van der Waals surface area contributed by atoms with Crippen LogP contribution in [-0.4, -0.2) is 28.0 Å². The van der Waals surface area contributed by atoms with E-state index in [1.54, 1.807) is 24.3 Å². The number of sulfonamides is 1. The molecule has 0 bridgehead atoms. The van der Waals surface area contributed by atoms with Gasteiger partial charge < -0.3 is 10.1 Å². The molecule has 1 N–H and O–H groups in total. The molecule has 3 aromatic carbocycles. The third kappa shape index (κ3) is 6.16. The van der Waals surface area contributed by atoms with Gasteiger partial charge in [-0.25, -0.2) is 8.42 Å². The van der Waals surface area contributed by atoms with Gasteiger partial charge >= 0.3 is 0 Å². The summed E-state index contributed by atoms with van der Waals surface area (Å²) in [7, 11) is -2.66. The van der Waals surface area contributed by atoms with Crippen molar-refractivity contribution in [1.82, 2.24) is 5.32 Å². The van der Waals surface area contributed by atoms with Crippen LogP contribution in [0.25, 0.3) is 0 Å². The molecule has 0 aromatic heterocycles.